The summed E-state index contributed by atoms with van der Waals surface area (Å²) in [7, 11) is 1.57. The van der Waals surface area contributed by atoms with Crippen LogP contribution in [0.3, 0.4) is 0 Å². The van der Waals surface area contributed by atoms with Gasteiger partial charge in [-0.05, 0) is 72.6 Å². The van der Waals surface area contributed by atoms with Gasteiger partial charge >= 0.3 is 0 Å². The largest absolute Gasteiger partial charge is 0.493 e. The number of thioether (sulfide) groups is 1. The van der Waals surface area contributed by atoms with Gasteiger partial charge in [-0.2, -0.15) is 0 Å². The van der Waals surface area contributed by atoms with E-state index >= 15 is 0 Å². The van der Waals surface area contributed by atoms with Crippen LogP contribution in [-0.2, 0) is 11.3 Å². The molecule has 3 aromatic rings. The Hall–Kier alpha value is -3.29. The third kappa shape index (κ3) is 6.05. The number of carbonyl (C=O) groups is 1. The second-order valence-electron chi connectivity index (χ2n) is 7.96. The number of carbonyl (C=O) groups excluding carboxylic acids is 1. The van der Waals surface area contributed by atoms with Crippen LogP contribution in [0, 0.1) is 0 Å². The maximum absolute atomic E-state index is 13.5. The van der Waals surface area contributed by atoms with E-state index in [4.69, 9.17) is 26.1 Å². The van der Waals surface area contributed by atoms with Crippen molar-refractivity contribution in [2.75, 3.05) is 7.11 Å². The second-order valence-corrected chi connectivity index (χ2v) is 9.38. The number of ether oxygens (including phenoxy) is 2. The fourth-order valence-corrected chi connectivity index (χ4v) is 4.65. The van der Waals surface area contributed by atoms with Crippen molar-refractivity contribution in [3.05, 3.63) is 88.0 Å². The highest BCUT2D eigenvalue weighted by atomic mass is 35.5. The molecular weight excluding hydrogens is 482 g/mol. The lowest BCUT2D eigenvalue weighted by Gasteiger charge is -2.17. The second kappa shape index (κ2) is 11.4. The average molecular weight is 508 g/mol. The molecule has 0 radical (unpaired) electrons. The number of halogens is 1. The number of rotatable bonds is 8. The Labute approximate surface area is 214 Å². The van der Waals surface area contributed by atoms with Gasteiger partial charge in [0, 0.05) is 12.4 Å². The van der Waals surface area contributed by atoms with Gasteiger partial charge in [-0.3, -0.25) is 14.7 Å². The first kappa shape index (κ1) is 24.8. The first-order chi connectivity index (χ1) is 17.0. The highest BCUT2D eigenvalue weighted by Gasteiger charge is 2.33. The summed E-state index contributed by atoms with van der Waals surface area (Å²) < 4.78 is 11.5. The minimum atomic E-state index is -0.136. The number of hydrogen-bond acceptors (Lipinski definition) is 6. The summed E-state index contributed by atoms with van der Waals surface area (Å²) in [6.07, 6.45) is 6.10. The molecule has 0 bridgehead atoms. The fraction of sp³-hybridized carbons (Fsp3) is 0.222. The van der Waals surface area contributed by atoms with Gasteiger partial charge in [-0.15, -0.1) is 0 Å². The standard InChI is InChI=1S/C27H26ClN3O3S/c1-4-18(2)34-25-22(28)13-20(14-23(25)33-3)15-24-26(32)31(17-19-9-8-12-29-16-19)27(35-24)30-21-10-6-5-7-11-21/h5-16,18H,4,17H2,1-3H3/b24-15-,30-27?/t18-/m0/s1. The number of amidine groups is 1. The fourth-order valence-electron chi connectivity index (χ4n) is 3.39. The van der Waals surface area contributed by atoms with Crippen molar-refractivity contribution >= 4 is 46.2 Å². The minimum Gasteiger partial charge on any atom is -0.493 e. The number of hydrogen-bond donors (Lipinski definition) is 0. The predicted octanol–water partition coefficient (Wildman–Crippen LogP) is 6.73. The molecule has 0 saturated carbocycles. The quantitative estimate of drug-likeness (QED) is 0.316. The smallest absolute Gasteiger partial charge is 0.267 e. The number of nitrogens with zero attached hydrogens (tertiary/aromatic N) is 3. The summed E-state index contributed by atoms with van der Waals surface area (Å²) in [6.45, 7) is 4.39. The lowest BCUT2D eigenvalue weighted by atomic mass is 10.1. The zero-order valence-corrected chi connectivity index (χ0v) is 21.3. The van der Waals surface area contributed by atoms with E-state index in [1.807, 2.05) is 62.4 Å². The van der Waals surface area contributed by atoms with Crippen LogP contribution in [0.2, 0.25) is 5.02 Å². The highest BCUT2D eigenvalue weighted by Crippen LogP contribution is 2.40. The molecule has 2 aromatic carbocycles. The number of amides is 1. The summed E-state index contributed by atoms with van der Waals surface area (Å²) >= 11 is 7.87. The maximum Gasteiger partial charge on any atom is 0.267 e. The van der Waals surface area contributed by atoms with Crippen molar-refractivity contribution in [3.8, 4) is 11.5 Å². The summed E-state index contributed by atoms with van der Waals surface area (Å²) in [5, 5.41) is 1.03. The molecular formula is C27H26ClN3O3S. The van der Waals surface area contributed by atoms with Gasteiger partial charge in [0.1, 0.15) is 0 Å². The molecule has 1 aliphatic rings. The summed E-state index contributed by atoms with van der Waals surface area (Å²) in [5.74, 6) is 0.884. The van der Waals surface area contributed by atoms with Crippen molar-refractivity contribution < 1.29 is 14.3 Å². The number of pyridine rings is 1. The Bertz CT molecular complexity index is 1250. The number of methoxy groups -OCH3 is 1. The molecule has 35 heavy (non-hydrogen) atoms. The van der Waals surface area contributed by atoms with Gasteiger partial charge in [0.2, 0.25) is 0 Å². The van der Waals surface area contributed by atoms with Crippen LogP contribution in [0.25, 0.3) is 6.08 Å². The van der Waals surface area contributed by atoms with Crippen molar-refractivity contribution in [3.63, 3.8) is 0 Å². The minimum absolute atomic E-state index is 0.00430. The van der Waals surface area contributed by atoms with Gasteiger partial charge in [0.05, 0.1) is 35.4 Å². The molecule has 1 aromatic heterocycles. The Morgan fingerprint density at radius 3 is 2.69 bits per heavy atom. The van der Waals surface area contributed by atoms with Gasteiger partial charge in [-0.1, -0.05) is 42.8 Å². The normalized spacial score (nSPS) is 16.7. The molecule has 180 valence electrons. The van der Waals surface area contributed by atoms with E-state index in [1.54, 1.807) is 36.5 Å². The topological polar surface area (TPSA) is 64.0 Å². The lowest BCUT2D eigenvalue weighted by molar-refractivity contribution is -0.122. The van der Waals surface area contributed by atoms with Crippen molar-refractivity contribution in [1.82, 2.24) is 9.88 Å². The van der Waals surface area contributed by atoms with E-state index in [1.165, 1.54) is 11.8 Å². The number of para-hydroxylation sites is 1. The molecule has 1 fully saturated rings. The van der Waals surface area contributed by atoms with Gasteiger partial charge in [0.15, 0.2) is 16.7 Å². The Balaban J connectivity index is 1.69. The van der Waals surface area contributed by atoms with Crippen LogP contribution in [0.4, 0.5) is 5.69 Å². The Morgan fingerprint density at radius 1 is 1.20 bits per heavy atom. The van der Waals surface area contributed by atoms with Crippen LogP contribution < -0.4 is 9.47 Å². The first-order valence-electron chi connectivity index (χ1n) is 11.3. The summed E-state index contributed by atoms with van der Waals surface area (Å²) in [5.41, 5.74) is 2.43. The Morgan fingerprint density at radius 2 is 2.00 bits per heavy atom. The van der Waals surface area contributed by atoms with Crippen LogP contribution in [0.1, 0.15) is 31.4 Å². The highest BCUT2D eigenvalue weighted by molar-refractivity contribution is 8.18. The van der Waals surface area contributed by atoms with Crippen LogP contribution in [0.5, 0.6) is 11.5 Å². The lowest BCUT2D eigenvalue weighted by Crippen LogP contribution is -2.28. The summed E-state index contributed by atoms with van der Waals surface area (Å²) in [4.78, 5) is 24.6. The van der Waals surface area contributed by atoms with Crippen molar-refractivity contribution in [2.24, 2.45) is 4.99 Å². The van der Waals surface area contributed by atoms with Gasteiger partial charge < -0.3 is 9.47 Å². The van der Waals surface area contributed by atoms with Crippen molar-refractivity contribution in [1.29, 1.82) is 0 Å². The molecule has 1 atom stereocenters. The van der Waals surface area contributed by atoms with Gasteiger partial charge in [0.25, 0.3) is 5.91 Å². The molecule has 1 aliphatic heterocycles. The molecule has 0 spiro atoms. The zero-order valence-electron chi connectivity index (χ0n) is 19.8. The van der Waals surface area contributed by atoms with E-state index in [0.29, 0.717) is 33.1 Å². The average Bonchev–Trinajstić information content (AvgIpc) is 3.15. The molecule has 4 rings (SSSR count). The molecule has 6 nitrogen and oxygen atoms in total. The third-order valence-corrected chi connectivity index (χ3v) is 6.66. The number of aliphatic imine (C=N–C) groups is 1. The monoisotopic (exact) mass is 507 g/mol. The van der Waals surface area contributed by atoms with Crippen LogP contribution >= 0.6 is 23.4 Å². The molecule has 0 aliphatic carbocycles. The number of benzene rings is 2. The molecule has 1 saturated heterocycles. The SMILES string of the molecule is CC[C@H](C)Oc1c(Cl)cc(/C=C2\SC(=Nc3ccccc3)N(Cc3cccnc3)C2=O)cc1OC. The van der Waals surface area contributed by atoms with E-state index < -0.39 is 0 Å². The van der Waals surface area contributed by atoms with Crippen molar-refractivity contribution in [2.45, 2.75) is 32.9 Å². The molecule has 8 heteroatoms. The molecule has 2 heterocycles. The number of aromatic nitrogens is 1. The molecule has 1 amide bonds. The van der Waals surface area contributed by atoms with E-state index in [9.17, 15) is 4.79 Å². The predicted molar refractivity (Wildman–Crippen MR) is 142 cm³/mol. The zero-order chi connectivity index (χ0) is 24.8. The van der Waals surface area contributed by atoms with E-state index in [-0.39, 0.29) is 12.0 Å². The molecule has 0 N–H and O–H groups in total. The van der Waals surface area contributed by atoms with E-state index in [2.05, 4.69) is 4.98 Å². The summed E-state index contributed by atoms with van der Waals surface area (Å²) in [6, 6.07) is 17.0. The molecule has 0 unspecified atom stereocenters. The van der Waals surface area contributed by atoms with Gasteiger partial charge in [-0.25, -0.2) is 4.99 Å². The Kier molecular flexibility index (Phi) is 8.10. The van der Waals surface area contributed by atoms with Crippen LogP contribution in [0.15, 0.2) is 76.9 Å². The maximum atomic E-state index is 13.5. The van der Waals surface area contributed by atoms with Crippen LogP contribution in [-0.4, -0.2) is 34.2 Å². The third-order valence-electron chi connectivity index (χ3n) is 5.38. The van der Waals surface area contributed by atoms with E-state index in [0.717, 1.165) is 23.2 Å². The first-order valence-corrected chi connectivity index (χ1v) is 12.5.